The van der Waals surface area contributed by atoms with E-state index in [2.05, 4.69) is 43.3 Å². The average molecular weight is 318 g/mol. The number of nitrogens with one attached hydrogen (secondary N) is 1. The van der Waals surface area contributed by atoms with Crippen molar-refractivity contribution < 1.29 is 0 Å². The van der Waals surface area contributed by atoms with Crippen molar-refractivity contribution in [1.29, 1.82) is 0 Å². The molecule has 3 rings (SSSR count). The molecule has 2 aromatic rings. The van der Waals surface area contributed by atoms with Gasteiger partial charge in [-0.25, -0.2) is 9.97 Å². The molecule has 0 saturated carbocycles. The van der Waals surface area contributed by atoms with Gasteiger partial charge in [0, 0.05) is 22.4 Å². The first-order valence-corrected chi connectivity index (χ1v) is 7.43. The quantitative estimate of drug-likeness (QED) is 0.917. The fourth-order valence-electron chi connectivity index (χ4n) is 2.38. The summed E-state index contributed by atoms with van der Waals surface area (Å²) in [5.74, 6) is 0.917. The highest BCUT2D eigenvalue weighted by atomic mass is 79.9. The van der Waals surface area contributed by atoms with Crippen LogP contribution in [0.25, 0.3) is 11.1 Å². The maximum absolute atomic E-state index is 4.52. The molecular formula is C15H16BrN3. The number of piperidine rings is 1. The first-order chi connectivity index (χ1) is 9.33. The predicted octanol–water partition coefficient (Wildman–Crippen LogP) is 3.72. The van der Waals surface area contributed by atoms with E-state index in [-0.39, 0.29) is 0 Å². The smallest absolute Gasteiger partial charge is 0.145 e. The highest BCUT2D eigenvalue weighted by molar-refractivity contribution is 9.10. The Morgan fingerprint density at radius 3 is 2.37 bits per heavy atom. The lowest BCUT2D eigenvalue weighted by Gasteiger charge is -2.21. The molecule has 0 bridgehead atoms. The second-order valence-corrected chi connectivity index (χ2v) is 5.75. The molecule has 1 saturated heterocycles. The predicted molar refractivity (Wildman–Crippen MR) is 79.8 cm³/mol. The number of aromatic nitrogens is 2. The number of hydrogen-bond donors (Lipinski definition) is 1. The van der Waals surface area contributed by atoms with Gasteiger partial charge in [-0.1, -0.05) is 34.5 Å². The van der Waals surface area contributed by atoms with Gasteiger partial charge in [-0.3, -0.25) is 0 Å². The Kier molecular flexibility index (Phi) is 3.89. The Morgan fingerprint density at radius 2 is 1.74 bits per heavy atom. The van der Waals surface area contributed by atoms with Crippen molar-refractivity contribution >= 4 is 15.9 Å². The Balaban J connectivity index is 1.80. The van der Waals surface area contributed by atoms with Crippen molar-refractivity contribution in [3.8, 4) is 11.1 Å². The van der Waals surface area contributed by atoms with Crippen LogP contribution in [-0.4, -0.2) is 16.5 Å². The van der Waals surface area contributed by atoms with E-state index in [1.165, 1.54) is 12.8 Å². The number of hydrogen-bond acceptors (Lipinski definition) is 3. The summed E-state index contributed by atoms with van der Waals surface area (Å²) in [6.45, 7) is 1.07. The summed E-state index contributed by atoms with van der Waals surface area (Å²) >= 11 is 3.44. The summed E-state index contributed by atoms with van der Waals surface area (Å²) in [6, 6.07) is 8.54. The summed E-state index contributed by atoms with van der Waals surface area (Å²) in [6.07, 6.45) is 7.49. The Morgan fingerprint density at radius 1 is 1.00 bits per heavy atom. The molecule has 0 spiro atoms. The van der Waals surface area contributed by atoms with Gasteiger partial charge in [0.05, 0.1) is 6.04 Å². The SMILES string of the molecule is Brc1ccc(-c2cnc(C3CCCCN3)nc2)cc1. The lowest BCUT2D eigenvalue weighted by atomic mass is 10.0. The van der Waals surface area contributed by atoms with E-state index in [0.717, 1.165) is 34.4 Å². The van der Waals surface area contributed by atoms with E-state index < -0.39 is 0 Å². The van der Waals surface area contributed by atoms with E-state index in [9.17, 15) is 0 Å². The van der Waals surface area contributed by atoms with Crippen molar-refractivity contribution in [2.75, 3.05) is 6.54 Å². The molecule has 19 heavy (non-hydrogen) atoms. The van der Waals surface area contributed by atoms with Crippen LogP contribution in [0.4, 0.5) is 0 Å². The summed E-state index contributed by atoms with van der Waals surface area (Å²) in [5, 5.41) is 3.47. The van der Waals surface area contributed by atoms with Gasteiger partial charge < -0.3 is 5.32 Å². The van der Waals surface area contributed by atoms with E-state index in [1.807, 2.05) is 24.5 Å². The van der Waals surface area contributed by atoms with Gasteiger partial charge in [0.2, 0.25) is 0 Å². The van der Waals surface area contributed by atoms with Gasteiger partial charge >= 0.3 is 0 Å². The van der Waals surface area contributed by atoms with E-state index in [1.54, 1.807) is 0 Å². The van der Waals surface area contributed by atoms with Crippen molar-refractivity contribution in [3.63, 3.8) is 0 Å². The molecule has 3 nitrogen and oxygen atoms in total. The zero-order valence-corrected chi connectivity index (χ0v) is 12.2. The van der Waals surface area contributed by atoms with Gasteiger partial charge in [0.1, 0.15) is 5.82 Å². The highest BCUT2D eigenvalue weighted by Gasteiger charge is 2.16. The fraction of sp³-hybridized carbons (Fsp3) is 0.333. The Bertz CT molecular complexity index is 530. The number of rotatable bonds is 2. The first kappa shape index (κ1) is 12.8. The minimum Gasteiger partial charge on any atom is -0.307 e. The third-order valence-corrected chi connectivity index (χ3v) is 4.00. The third kappa shape index (κ3) is 3.01. The van der Waals surface area contributed by atoms with Crippen molar-refractivity contribution in [3.05, 3.63) is 47.0 Å². The molecule has 1 aliphatic rings. The summed E-state index contributed by atoms with van der Waals surface area (Å²) in [4.78, 5) is 9.03. The second kappa shape index (κ2) is 5.80. The monoisotopic (exact) mass is 317 g/mol. The summed E-state index contributed by atoms with van der Waals surface area (Å²) < 4.78 is 1.08. The Labute approximate surface area is 121 Å². The molecule has 0 radical (unpaired) electrons. The molecule has 0 aliphatic carbocycles. The lowest BCUT2D eigenvalue weighted by Crippen LogP contribution is -2.28. The molecule has 2 heterocycles. The maximum atomic E-state index is 4.52. The van der Waals surface area contributed by atoms with Crippen molar-refractivity contribution in [2.45, 2.75) is 25.3 Å². The van der Waals surface area contributed by atoms with E-state index in [4.69, 9.17) is 0 Å². The van der Waals surface area contributed by atoms with Gasteiger partial charge in [0.15, 0.2) is 0 Å². The molecule has 1 atom stereocenters. The molecule has 1 fully saturated rings. The molecule has 4 heteroatoms. The zero-order valence-electron chi connectivity index (χ0n) is 10.6. The van der Waals surface area contributed by atoms with Crippen LogP contribution in [0, 0.1) is 0 Å². The third-order valence-electron chi connectivity index (χ3n) is 3.47. The molecule has 1 N–H and O–H groups in total. The molecule has 98 valence electrons. The largest absolute Gasteiger partial charge is 0.307 e. The molecule has 1 unspecified atom stereocenters. The highest BCUT2D eigenvalue weighted by Crippen LogP contribution is 2.23. The van der Waals surface area contributed by atoms with Gasteiger partial charge in [0.25, 0.3) is 0 Å². The lowest BCUT2D eigenvalue weighted by molar-refractivity contribution is 0.397. The minimum absolute atomic E-state index is 0.327. The normalized spacial score (nSPS) is 19.3. The summed E-state index contributed by atoms with van der Waals surface area (Å²) in [7, 11) is 0. The minimum atomic E-state index is 0.327. The van der Waals surface area contributed by atoms with Crippen LogP contribution < -0.4 is 5.32 Å². The van der Waals surface area contributed by atoms with E-state index in [0.29, 0.717) is 6.04 Å². The molecule has 1 aromatic carbocycles. The standard InChI is InChI=1S/C15H16BrN3/c16-13-6-4-11(5-7-13)12-9-18-15(19-10-12)14-3-1-2-8-17-14/h4-7,9-10,14,17H,1-3,8H2. The molecular weight excluding hydrogens is 302 g/mol. The fourth-order valence-corrected chi connectivity index (χ4v) is 2.65. The van der Waals surface area contributed by atoms with Crippen LogP contribution in [0.5, 0.6) is 0 Å². The van der Waals surface area contributed by atoms with Gasteiger partial charge in [-0.05, 0) is 37.1 Å². The Hall–Kier alpha value is -1.26. The average Bonchev–Trinajstić information content (AvgIpc) is 2.49. The van der Waals surface area contributed by atoms with Crippen LogP contribution >= 0.6 is 15.9 Å². The second-order valence-electron chi connectivity index (χ2n) is 4.84. The van der Waals surface area contributed by atoms with Crippen molar-refractivity contribution in [1.82, 2.24) is 15.3 Å². The first-order valence-electron chi connectivity index (χ1n) is 6.64. The molecule has 1 aromatic heterocycles. The number of nitrogens with zero attached hydrogens (tertiary/aromatic N) is 2. The zero-order chi connectivity index (χ0) is 13.1. The van der Waals surface area contributed by atoms with Crippen LogP contribution in [0.2, 0.25) is 0 Å². The number of halogens is 1. The van der Waals surface area contributed by atoms with Crippen LogP contribution in [0.15, 0.2) is 41.1 Å². The topological polar surface area (TPSA) is 37.8 Å². The van der Waals surface area contributed by atoms with Crippen LogP contribution in [0.3, 0.4) is 0 Å². The van der Waals surface area contributed by atoms with Gasteiger partial charge in [-0.2, -0.15) is 0 Å². The van der Waals surface area contributed by atoms with Crippen LogP contribution in [-0.2, 0) is 0 Å². The van der Waals surface area contributed by atoms with Crippen LogP contribution in [0.1, 0.15) is 31.1 Å². The molecule has 1 aliphatic heterocycles. The molecule has 0 amide bonds. The number of benzene rings is 1. The summed E-state index contributed by atoms with van der Waals surface area (Å²) in [5.41, 5.74) is 2.21. The van der Waals surface area contributed by atoms with E-state index >= 15 is 0 Å². The maximum Gasteiger partial charge on any atom is 0.145 e. The van der Waals surface area contributed by atoms with Gasteiger partial charge in [-0.15, -0.1) is 0 Å². The van der Waals surface area contributed by atoms with Crippen molar-refractivity contribution in [2.24, 2.45) is 0 Å².